The van der Waals surface area contributed by atoms with E-state index in [0.717, 1.165) is 43.1 Å². The number of aryl methyl sites for hydroxylation is 2. The van der Waals surface area contributed by atoms with Gasteiger partial charge in [0.15, 0.2) is 0 Å². The Bertz CT molecular complexity index is 896. The van der Waals surface area contributed by atoms with Crippen LogP contribution < -0.4 is 15.8 Å². The number of halogens is 1. The molecule has 0 saturated carbocycles. The van der Waals surface area contributed by atoms with E-state index >= 15 is 0 Å². The average Bonchev–Trinajstić information content (AvgIpc) is 3.16. The highest BCUT2D eigenvalue weighted by Crippen LogP contribution is 2.29. The summed E-state index contributed by atoms with van der Waals surface area (Å²) in [6, 6.07) is 8.85. The van der Waals surface area contributed by atoms with Gasteiger partial charge in [-0.05, 0) is 49.4 Å². The van der Waals surface area contributed by atoms with Gasteiger partial charge in [-0.1, -0.05) is 31.0 Å². The number of aromatic nitrogens is 2. The number of carbonyl (C=O) groups excluding carboxylic acids is 1. The monoisotopic (exact) mass is 402 g/mol. The minimum Gasteiger partial charge on any atom is -0.371 e. The van der Waals surface area contributed by atoms with Crippen molar-refractivity contribution in [3.05, 3.63) is 57.0 Å². The van der Waals surface area contributed by atoms with E-state index in [1.165, 1.54) is 22.4 Å². The number of rotatable bonds is 7. The van der Waals surface area contributed by atoms with Crippen LogP contribution in [-0.4, -0.2) is 35.3 Å². The SMILES string of the molecule is CCCCn1nc(C(=O)NC[C@@H]2CCN(c3cc(Cl)ccc3C)C2)ccc1=O. The Morgan fingerprint density at radius 2 is 2.14 bits per heavy atom. The number of benzene rings is 1. The molecule has 6 nitrogen and oxygen atoms in total. The fourth-order valence-electron chi connectivity index (χ4n) is 3.51. The van der Waals surface area contributed by atoms with Crippen molar-refractivity contribution >= 4 is 23.2 Å². The first-order valence-corrected chi connectivity index (χ1v) is 10.2. The molecule has 1 aliphatic rings. The number of hydrogen-bond acceptors (Lipinski definition) is 4. The Kier molecular flexibility index (Phi) is 6.73. The molecule has 1 atom stereocenters. The summed E-state index contributed by atoms with van der Waals surface area (Å²) in [4.78, 5) is 26.6. The highest BCUT2D eigenvalue weighted by Gasteiger charge is 2.24. The van der Waals surface area contributed by atoms with Crippen molar-refractivity contribution in [3.8, 4) is 0 Å². The van der Waals surface area contributed by atoms with Crippen molar-refractivity contribution in [2.75, 3.05) is 24.5 Å². The highest BCUT2D eigenvalue weighted by atomic mass is 35.5. The highest BCUT2D eigenvalue weighted by molar-refractivity contribution is 6.30. The fourth-order valence-corrected chi connectivity index (χ4v) is 3.67. The molecule has 150 valence electrons. The van der Waals surface area contributed by atoms with Crippen molar-refractivity contribution < 1.29 is 4.79 Å². The second-order valence-electron chi connectivity index (χ2n) is 7.38. The van der Waals surface area contributed by atoms with Crippen LogP contribution in [0.15, 0.2) is 35.1 Å². The minimum absolute atomic E-state index is 0.173. The fraction of sp³-hybridized carbons (Fsp3) is 0.476. The third-order valence-corrected chi connectivity index (χ3v) is 5.41. The van der Waals surface area contributed by atoms with Crippen LogP contribution in [0.3, 0.4) is 0 Å². The largest absolute Gasteiger partial charge is 0.371 e. The van der Waals surface area contributed by atoms with Crippen LogP contribution in [0.25, 0.3) is 0 Å². The molecule has 0 unspecified atom stereocenters. The van der Waals surface area contributed by atoms with Gasteiger partial charge in [-0.25, -0.2) is 4.68 Å². The lowest BCUT2D eigenvalue weighted by atomic mass is 10.1. The summed E-state index contributed by atoms with van der Waals surface area (Å²) in [5.41, 5.74) is 2.48. The molecule has 1 N–H and O–H groups in total. The number of unbranched alkanes of at least 4 members (excludes halogenated alkanes) is 1. The third-order valence-electron chi connectivity index (χ3n) is 5.17. The molecule has 7 heteroatoms. The van der Waals surface area contributed by atoms with Gasteiger partial charge >= 0.3 is 0 Å². The zero-order chi connectivity index (χ0) is 20.1. The van der Waals surface area contributed by atoms with Crippen molar-refractivity contribution in [2.45, 2.75) is 39.7 Å². The van der Waals surface area contributed by atoms with Gasteiger partial charge in [0.25, 0.3) is 11.5 Å². The lowest BCUT2D eigenvalue weighted by Gasteiger charge is -2.21. The van der Waals surface area contributed by atoms with Gasteiger partial charge in [-0.3, -0.25) is 9.59 Å². The standard InChI is InChI=1S/C21H27ClN4O2/c1-3-4-10-26-20(27)8-7-18(24-26)21(28)23-13-16-9-11-25(14-16)19-12-17(22)6-5-15(19)2/h5-8,12,16H,3-4,9-11,13-14H2,1-2H3,(H,23,28)/t16-/m0/s1. The van der Waals surface area contributed by atoms with Gasteiger partial charge in [-0.2, -0.15) is 5.10 Å². The lowest BCUT2D eigenvalue weighted by molar-refractivity contribution is 0.0940. The van der Waals surface area contributed by atoms with Gasteiger partial charge < -0.3 is 10.2 Å². The molecule has 1 saturated heterocycles. The predicted octanol–water partition coefficient (Wildman–Crippen LogP) is 3.26. The van der Waals surface area contributed by atoms with Crippen LogP contribution in [0.5, 0.6) is 0 Å². The molecular weight excluding hydrogens is 376 g/mol. The van der Waals surface area contributed by atoms with E-state index in [0.29, 0.717) is 19.0 Å². The van der Waals surface area contributed by atoms with Gasteiger partial charge in [0.1, 0.15) is 5.69 Å². The second-order valence-corrected chi connectivity index (χ2v) is 7.81. The van der Waals surface area contributed by atoms with Gasteiger partial charge in [0.05, 0.1) is 0 Å². The molecule has 0 radical (unpaired) electrons. The number of amides is 1. The van der Waals surface area contributed by atoms with Gasteiger partial charge in [0.2, 0.25) is 0 Å². The van der Waals surface area contributed by atoms with Crippen LogP contribution in [-0.2, 0) is 6.54 Å². The number of anilines is 1. The number of nitrogens with zero attached hydrogens (tertiary/aromatic N) is 3. The number of hydrogen-bond donors (Lipinski definition) is 1. The summed E-state index contributed by atoms with van der Waals surface area (Å²) >= 11 is 6.14. The molecule has 0 aliphatic carbocycles. The summed E-state index contributed by atoms with van der Waals surface area (Å²) in [5, 5.41) is 7.92. The molecule has 0 spiro atoms. The Hall–Kier alpha value is -2.34. The van der Waals surface area contributed by atoms with Crippen molar-refractivity contribution in [2.24, 2.45) is 5.92 Å². The molecule has 28 heavy (non-hydrogen) atoms. The van der Waals surface area contributed by atoms with Crippen molar-refractivity contribution in [1.82, 2.24) is 15.1 Å². The normalized spacial score (nSPS) is 16.4. The summed E-state index contributed by atoms with van der Waals surface area (Å²) < 4.78 is 1.37. The quantitative estimate of drug-likeness (QED) is 0.771. The van der Waals surface area contributed by atoms with E-state index in [1.807, 2.05) is 18.2 Å². The smallest absolute Gasteiger partial charge is 0.271 e. The molecule has 3 rings (SSSR count). The van der Waals surface area contributed by atoms with E-state index in [-0.39, 0.29) is 17.2 Å². The molecule has 2 heterocycles. The average molecular weight is 403 g/mol. The second kappa shape index (κ2) is 9.24. The first-order chi connectivity index (χ1) is 13.5. The Balaban J connectivity index is 1.57. The molecule has 2 aromatic rings. The third kappa shape index (κ3) is 4.93. The topological polar surface area (TPSA) is 67.2 Å². The first kappa shape index (κ1) is 20.4. The van der Waals surface area contributed by atoms with Gasteiger partial charge in [-0.15, -0.1) is 0 Å². The van der Waals surface area contributed by atoms with Gasteiger partial charge in [0, 0.05) is 43.0 Å². The molecular formula is C21H27ClN4O2. The van der Waals surface area contributed by atoms with E-state index in [2.05, 4.69) is 29.2 Å². The predicted molar refractivity (Wildman–Crippen MR) is 112 cm³/mol. The summed E-state index contributed by atoms with van der Waals surface area (Å²) in [7, 11) is 0. The molecule has 1 aromatic heterocycles. The molecule has 0 bridgehead atoms. The Labute approximate surface area is 170 Å². The molecule has 1 fully saturated rings. The minimum atomic E-state index is -0.234. The maximum Gasteiger partial charge on any atom is 0.271 e. The summed E-state index contributed by atoms with van der Waals surface area (Å²) in [5.74, 6) is 0.135. The van der Waals surface area contributed by atoms with Crippen LogP contribution in [0.4, 0.5) is 5.69 Å². The zero-order valence-corrected chi connectivity index (χ0v) is 17.2. The summed E-state index contributed by atoms with van der Waals surface area (Å²) in [6.45, 7) is 7.09. The molecule has 1 aromatic carbocycles. The van der Waals surface area contributed by atoms with E-state index in [1.54, 1.807) is 0 Å². The Morgan fingerprint density at radius 3 is 2.93 bits per heavy atom. The van der Waals surface area contributed by atoms with Crippen molar-refractivity contribution in [1.29, 1.82) is 0 Å². The lowest BCUT2D eigenvalue weighted by Crippen LogP contribution is -2.33. The van der Waals surface area contributed by atoms with Crippen LogP contribution in [0.1, 0.15) is 42.2 Å². The van der Waals surface area contributed by atoms with Crippen molar-refractivity contribution in [3.63, 3.8) is 0 Å². The zero-order valence-electron chi connectivity index (χ0n) is 16.4. The maximum absolute atomic E-state index is 12.5. The van der Waals surface area contributed by atoms with Crippen LogP contribution in [0, 0.1) is 12.8 Å². The first-order valence-electron chi connectivity index (χ1n) is 9.85. The number of nitrogens with one attached hydrogen (secondary N) is 1. The van der Waals surface area contributed by atoms with E-state index in [4.69, 9.17) is 11.6 Å². The number of carbonyl (C=O) groups is 1. The van der Waals surface area contributed by atoms with Crippen LogP contribution >= 0.6 is 11.6 Å². The van der Waals surface area contributed by atoms with Crippen LogP contribution in [0.2, 0.25) is 5.02 Å². The maximum atomic E-state index is 12.5. The molecule has 1 amide bonds. The summed E-state index contributed by atoms with van der Waals surface area (Å²) in [6.07, 6.45) is 2.84. The van der Waals surface area contributed by atoms with E-state index in [9.17, 15) is 9.59 Å². The Morgan fingerprint density at radius 1 is 1.32 bits per heavy atom. The van der Waals surface area contributed by atoms with E-state index < -0.39 is 0 Å². The molecule has 1 aliphatic heterocycles.